The molecule has 0 aromatic carbocycles. The van der Waals surface area contributed by atoms with Crippen LogP contribution in [0.4, 0.5) is 0 Å². The van der Waals surface area contributed by atoms with E-state index in [0.717, 1.165) is 0 Å². The Balaban J connectivity index is 0. The van der Waals surface area contributed by atoms with Gasteiger partial charge in [0, 0.05) is 0 Å². The summed E-state index contributed by atoms with van der Waals surface area (Å²) in [4.78, 5) is 0. The van der Waals surface area contributed by atoms with E-state index in [1.165, 1.54) is 28.4 Å². The predicted molar refractivity (Wildman–Crippen MR) is 33.8 cm³/mol. The van der Waals surface area contributed by atoms with Gasteiger partial charge in [-0.2, -0.15) is 0 Å². The van der Waals surface area contributed by atoms with Crippen LogP contribution in [0, 0.1) is 0 Å². The molecule has 0 unspecified atom stereocenters. The van der Waals surface area contributed by atoms with Crippen molar-refractivity contribution in [3.05, 3.63) is 0 Å². The molecule has 0 aliphatic rings. The minimum absolute atomic E-state index is 0. The van der Waals surface area contributed by atoms with Crippen molar-refractivity contribution in [1.29, 1.82) is 0 Å². The molecule has 0 amide bonds. The van der Waals surface area contributed by atoms with Crippen LogP contribution in [0.2, 0.25) is 0 Å². The Morgan fingerprint density at radius 2 is 0.900 bits per heavy atom. The van der Waals surface area contributed by atoms with Crippen molar-refractivity contribution in [2.75, 3.05) is 28.4 Å². The number of rotatable bonds is 4. The molecule has 0 aliphatic heterocycles. The van der Waals surface area contributed by atoms with Gasteiger partial charge in [-0.3, -0.25) is 0 Å². The Labute approximate surface area is 104 Å². The van der Waals surface area contributed by atoms with E-state index in [2.05, 4.69) is 0 Å². The summed E-state index contributed by atoms with van der Waals surface area (Å²) in [6.07, 6.45) is 0. The van der Waals surface area contributed by atoms with E-state index >= 15 is 0 Å². The van der Waals surface area contributed by atoms with E-state index in [0.29, 0.717) is 0 Å². The predicted octanol–water partition coefficient (Wildman–Crippen LogP) is -2.99. The molecule has 0 spiro atoms. The Morgan fingerprint density at radius 3 is 0.900 bits per heavy atom. The van der Waals surface area contributed by atoms with Crippen LogP contribution in [0.5, 0.6) is 0 Å². The molecule has 0 N–H and O–H groups in total. The Morgan fingerprint density at radius 1 is 0.700 bits per heavy atom. The maximum atomic E-state index is 4.78. The van der Waals surface area contributed by atoms with Crippen LogP contribution in [0.1, 0.15) is 0 Å². The topological polar surface area (TPSA) is 36.9 Å². The van der Waals surface area contributed by atoms with Gasteiger partial charge in [0.25, 0.3) is 0 Å². The smallest absolute Gasteiger partial charge is 0.521 e. The third-order valence-corrected chi connectivity index (χ3v) is 1.15. The summed E-state index contributed by atoms with van der Waals surface area (Å²) in [5.74, 6) is 0. The van der Waals surface area contributed by atoms with Crippen molar-refractivity contribution >= 4 is 6.96 Å². The summed E-state index contributed by atoms with van der Waals surface area (Å²) in [5, 5.41) is 0. The zero-order chi connectivity index (χ0) is 7.33. The van der Waals surface area contributed by atoms with E-state index in [1.807, 2.05) is 0 Å². The van der Waals surface area contributed by atoms with Gasteiger partial charge in [-0.15, -0.1) is 0 Å². The van der Waals surface area contributed by atoms with Crippen LogP contribution in [0.3, 0.4) is 0 Å². The van der Waals surface area contributed by atoms with E-state index < -0.39 is 6.96 Å². The molecule has 0 bridgehead atoms. The molecule has 0 atom stereocenters. The van der Waals surface area contributed by atoms with Gasteiger partial charge >= 0.3 is 58.3 Å². The molecular weight excluding hydrogens is 162 g/mol. The standard InChI is InChI=1S/C4H12BO4.K/c1-6-5(7-2,8-3)9-4;/h1-4H3;/q-1;+1. The fourth-order valence-electron chi connectivity index (χ4n) is 0.577. The first-order valence-electron chi connectivity index (χ1n) is 2.58. The van der Waals surface area contributed by atoms with E-state index in [4.69, 9.17) is 18.6 Å². The van der Waals surface area contributed by atoms with Crippen molar-refractivity contribution in [3.63, 3.8) is 0 Å². The number of hydrogen-bond donors (Lipinski definition) is 0. The average Bonchev–Trinajstić information content (AvgIpc) is 1.95. The summed E-state index contributed by atoms with van der Waals surface area (Å²) < 4.78 is 19.1. The van der Waals surface area contributed by atoms with Gasteiger partial charge in [-0.25, -0.2) is 0 Å². The van der Waals surface area contributed by atoms with Gasteiger partial charge in [0.05, 0.1) is 0 Å². The molecule has 10 heavy (non-hydrogen) atoms. The molecule has 0 radical (unpaired) electrons. The van der Waals surface area contributed by atoms with Gasteiger partial charge in [0.2, 0.25) is 0 Å². The largest absolute Gasteiger partial charge is 1.00 e. The summed E-state index contributed by atoms with van der Waals surface area (Å²) in [7, 11) is 5.82. The first-order chi connectivity index (χ1) is 4.24. The minimum Gasteiger partial charge on any atom is -0.521 e. The summed E-state index contributed by atoms with van der Waals surface area (Å²) in [6, 6.07) is 0. The molecule has 0 aromatic heterocycles. The van der Waals surface area contributed by atoms with Gasteiger partial charge < -0.3 is 18.6 Å². The maximum absolute atomic E-state index is 4.78. The second-order valence-corrected chi connectivity index (χ2v) is 1.52. The van der Waals surface area contributed by atoms with Crippen LogP contribution in [-0.4, -0.2) is 35.4 Å². The van der Waals surface area contributed by atoms with Crippen LogP contribution in [0.15, 0.2) is 0 Å². The summed E-state index contributed by atoms with van der Waals surface area (Å²) >= 11 is 0. The van der Waals surface area contributed by atoms with Gasteiger partial charge in [0.15, 0.2) is 0 Å². The number of hydrogen-bond acceptors (Lipinski definition) is 4. The van der Waals surface area contributed by atoms with Crippen LogP contribution in [0.25, 0.3) is 0 Å². The average molecular weight is 174 g/mol. The Bertz CT molecular complexity index is 60.1. The van der Waals surface area contributed by atoms with Crippen LogP contribution < -0.4 is 51.4 Å². The van der Waals surface area contributed by atoms with Gasteiger partial charge in [0.1, 0.15) is 0 Å². The fraction of sp³-hybridized carbons (Fsp3) is 1.00. The first-order valence-corrected chi connectivity index (χ1v) is 2.58. The molecule has 4 nitrogen and oxygen atoms in total. The second-order valence-electron chi connectivity index (χ2n) is 1.52. The molecule has 0 saturated carbocycles. The third kappa shape index (κ3) is 3.80. The first kappa shape index (κ1) is 14.1. The fourth-order valence-corrected chi connectivity index (χ4v) is 0.577. The zero-order valence-electron chi connectivity index (χ0n) is 7.21. The minimum atomic E-state index is -1.94. The molecule has 0 saturated heterocycles. The van der Waals surface area contributed by atoms with E-state index in [1.54, 1.807) is 0 Å². The molecule has 0 heterocycles. The van der Waals surface area contributed by atoms with Crippen LogP contribution >= 0.6 is 0 Å². The molecule has 6 heteroatoms. The van der Waals surface area contributed by atoms with Crippen molar-refractivity contribution < 1.29 is 70.0 Å². The Hall–Kier alpha value is 1.54. The van der Waals surface area contributed by atoms with Crippen molar-refractivity contribution in [3.8, 4) is 0 Å². The van der Waals surface area contributed by atoms with Gasteiger partial charge in [-0.05, 0) is 28.4 Å². The molecule has 0 aliphatic carbocycles. The summed E-state index contributed by atoms with van der Waals surface area (Å²) in [6.45, 7) is -1.94. The van der Waals surface area contributed by atoms with E-state index in [9.17, 15) is 0 Å². The quantitative estimate of drug-likeness (QED) is 0.426. The molecule has 56 valence electrons. The zero-order valence-corrected chi connectivity index (χ0v) is 10.3. The second kappa shape index (κ2) is 7.20. The molecule has 0 fully saturated rings. The SMILES string of the molecule is CO[B-](OC)(OC)OC.[K+]. The molecule has 0 rings (SSSR count). The third-order valence-electron chi connectivity index (χ3n) is 1.15. The van der Waals surface area contributed by atoms with Gasteiger partial charge in [-0.1, -0.05) is 0 Å². The molecular formula is C4H12BKO4. The normalized spacial score (nSPS) is 10.8. The van der Waals surface area contributed by atoms with Crippen molar-refractivity contribution in [2.45, 2.75) is 0 Å². The van der Waals surface area contributed by atoms with Crippen LogP contribution in [-0.2, 0) is 18.6 Å². The Kier molecular flexibility index (Phi) is 10.1. The summed E-state index contributed by atoms with van der Waals surface area (Å²) in [5.41, 5.74) is 0. The molecule has 0 aromatic rings. The van der Waals surface area contributed by atoms with Crippen molar-refractivity contribution in [1.82, 2.24) is 0 Å². The monoisotopic (exact) mass is 174 g/mol. The maximum Gasteiger partial charge on any atom is 1.00 e. The van der Waals surface area contributed by atoms with Crippen molar-refractivity contribution in [2.24, 2.45) is 0 Å². The van der Waals surface area contributed by atoms with E-state index in [-0.39, 0.29) is 51.4 Å².